The number of pyridine rings is 1. The number of amides is 1. The molecule has 0 bridgehead atoms. The molecule has 2 atom stereocenters. The summed E-state index contributed by atoms with van der Waals surface area (Å²) in [6.45, 7) is 0. The molecule has 2 aliphatic rings. The van der Waals surface area contributed by atoms with Crippen LogP contribution in [-0.4, -0.2) is 29.5 Å². The number of hydrogen-bond donors (Lipinski definition) is 1. The number of nitrogens with one attached hydrogen (secondary N) is 1. The Morgan fingerprint density at radius 2 is 2.04 bits per heavy atom. The molecule has 5 nitrogen and oxygen atoms in total. The number of ether oxygens (including phenoxy) is 1. The van der Waals surface area contributed by atoms with Crippen molar-refractivity contribution in [1.82, 2.24) is 10.3 Å². The number of methoxy groups -OCH3 is 1. The summed E-state index contributed by atoms with van der Waals surface area (Å²) < 4.78 is 5.12. The van der Waals surface area contributed by atoms with E-state index in [4.69, 9.17) is 4.74 Å². The topological polar surface area (TPSA) is 68.3 Å². The van der Waals surface area contributed by atoms with Crippen LogP contribution >= 0.6 is 0 Å². The summed E-state index contributed by atoms with van der Waals surface area (Å²) in [6, 6.07) is 5.21. The van der Waals surface area contributed by atoms with E-state index in [1.54, 1.807) is 24.4 Å². The van der Waals surface area contributed by atoms with Gasteiger partial charge in [-0.25, -0.2) is 4.79 Å². The lowest BCUT2D eigenvalue weighted by molar-refractivity contribution is -0.150. The normalized spacial score (nSPS) is 28.2. The fraction of sp³-hybridized carbons (Fsp3) is 0.591. The van der Waals surface area contributed by atoms with Gasteiger partial charge >= 0.3 is 5.97 Å². The van der Waals surface area contributed by atoms with Gasteiger partial charge < -0.3 is 10.1 Å². The third-order valence-electron chi connectivity index (χ3n) is 5.93. The zero-order valence-electron chi connectivity index (χ0n) is 16.2. The molecule has 1 amide bonds. The summed E-state index contributed by atoms with van der Waals surface area (Å²) in [5.41, 5.74) is 0.831. The van der Waals surface area contributed by atoms with Crippen LogP contribution in [0.15, 0.2) is 36.0 Å². The van der Waals surface area contributed by atoms with E-state index in [1.807, 2.05) is 0 Å². The van der Waals surface area contributed by atoms with Crippen molar-refractivity contribution < 1.29 is 14.3 Å². The number of nitrogens with zero attached hydrogens (tertiary/aromatic N) is 1. The summed E-state index contributed by atoms with van der Waals surface area (Å²) in [5, 5.41) is 2.99. The molecular formula is C22H30N2O3. The number of esters is 1. The molecule has 0 radical (unpaired) electrons. The first-order valence-electron chi connectivity index (χ1n) is 10.2. The second-order valence-corrected chi connectivity index (χ2v) is 7.77. The predicted molar refractivity (Wildman–Crippen MR) is 104 cm³/mol. The maximum Gasteiger partial charge on any atom is 0.331 e. The van der Waals surface area contributed by atoms with E-state index in [0.717, 1.165) is 25.7 Å². The first kappa shape index (κ1) is 19.6. The van der Waals surface area contributed by atoms with Gasteiger partial charge in [-0.1, -0.05) is 30.6 Å². The van der Waals surface area contributed by atoms with E-state index in [-0.39, 0.29) is 11.9 Å². The lowest BCUT2D eigenvalue weighted by Gasteiger charge is -2.40. The van der Waals surface area contributed by atoms with Gasteiger partial charge in [0.1, 0.15) is 11.2 Å². The Morgan fingerprint density at radius 1 is 1.19 bits per heavy atom. The minimum atomic E-state index is -0.963. The molecule has 1 fully saturated rings. The van der Waals surface area contributed by atoms with Gasteiger partial charge in [-0.05, 0) is 69.4 Å². The lowest BCUT2D eigenvalue weighted by Crippen LogP contribution is -2.57. The first-order valence-corrected chi connectivity index (χ1v) is 10.2. The number of rotatable bonds is 4. The maximum atomic E-state index is 12.7. The van der Waals surface area contributed by atoms with Crippen LogP contribution in [-0.2, 0) is 9.53 Å². The van der Waals surface area contributed by atoms with Crippen molar-refractivity contribution in [3.8, 4) is 0 Å². The van der Waals surface area contributed by atoms with Crippen LogP contribution < -0.4 is 5.32 Å². The predicted octanol–water partition coefficient (Wildman–Crippen LogP) is 4.19. The molecule has 2 unspecified atom stereocenters. The fourth-order valence-corrected chi connectivity index (χ4v) is 4.50. The Morgan fingerprint density at radius 3 is 2.81 bits per heavy atom. The molecule has 0 spiro atoms. The number of carbonyl (C=O) groups is 2. The Labute approximate surface area is 161 Å². The standard InChI is InChI=1S/C22H30N2O3/c1-27-21(26)22(24-20(25)19-13-7-8-15-23-19)14-9-12-18(16-22)17-10-5-3-2-4-6-11-17/h7-8,10,13,15,18H,2-6,9,11-12,14,16H2,1H3,(H,24,25)/b17-10+. The number of hydrogen-bond acceptors (Lipinski definition) is 4. The average molecular weight is 370 g/mol. The molecule has 0 saturated heterocycles. The van der Waals surface area contributed by atoms with E-state index in [9.17, 15) is 9.59 Å². The van der Waals surface area contributed by atoms with Crippen molar-refractivity contribution in [3.05, 3.63) is 41.7 Å². The smallest absolute Gasteiger partial charge is 0.331 e. The van der Waals surface area contributed by atoms with Crippen LogP contribution in [0.3, 0.4) is 0 Å². The minimum absolute atomic E-state index is 0.312. The summed E-state index contributed by atoms with van der Waals surface area (Å²) in [4.78, 5) is 29.6. The second-order valence-electron chi connectivity index (χ2n) is 7.77. The summed E-state index contributed by atoms with van der Waals surface area (Å²) in [7, 11) is 1.40. The van der Waals surface area contributed by atoms with Gasteiger partial charge in [0.25, 0.3) is 5.91 Å². The SMILES string of the molecule is COC(=O)C1(NC(=O)c2ccccn2)CCCC(/C2=C/CCCCCC2)C1. The fourth-order valence-electron chi connectivity index (χ4n) is 4.50. The van der Waals surface area contributed by atoms with Gasteiger partial charge in [0.05, 0.1) is 7.11 Å². The first-order chi connectivity index (χ1) is 13.1. The Hall–Kier alpha value is -2.17. The van der Waals surface area contributed by atoms with E-state index in [1.165, 1.54) is 38.4 Å². The van der Waals surface area contributed by atoms with Gasteiger partial charge in [-0.2, -0.15) is 0 Å². The summed E-state index contributed by atoms with van der Waals surface area (Å²) in [5.74, 6) is -0.323. The largest absolute Gasteiger partial charge is 0.467 e. The molecule has 1 saturated carbocycles. The molecule has 0 aliphatic heterocycles. The third-order valence-corrected chi connectivity index (χ3v) is 5.93. The zero-order chi connectivity index (χ0) is 19.1. The third kappa shape index (κ3) is 4.76. The second kappa shape index (κ2) is 9.16. The van der Waals surface area contributed by atoms with Crippen molar-refractivity contribution in [2.75, 3.05) is 7.11 Å². The highest BCUT2D eigenvalue weighted by atomic mass is 16.5. The lowest BCUT2D eigenvalue weighted by atomic mass is 9.71. The van der Waals surface area contributed by atoms with E-state index >= 15 is 0 Å². The highest BCUT2D eigenvalue weighted by Crippen LogP contribution is 2.39. The molecule has 1 aromatic rings. The number of allylic oxidation sites excluding steroid dienone is 2. The minimum Gasteiger partial charge on any atom is -0.467 e. The molecule has 0 aromatic carbocycles. The monoisotopic (exact) mass is 370 g/mol. The molecule has 1 heterocycles. The molecule has 3 rings (SSSR count). The van der Waals surface area contributed by atoms with Gasteiger partial charge in [-0.3, -0.25) is 9.78 Å². The highest BCUT2D eigenvalue weighted by Gasteiger charge is 2.46. The molecule has 146 valence electrons. The number of carbonyl (C=O) groups excluding carboxylic acids is 2. The Balaban J connectivity index is 1.80. The van der Waals surface area contributed by atoms with E-state index < -0.39 is 5.54 Å². The zero-order valence-corrected chi connectivity index (χ0v) is 16.2. The Bertz CT molecular complexity index is 686. The van der Waals surface area contributed by atoms with Crippen LogP contribution in [0.4, 0.5) is 0 Å². The van der Waals surface area contributed by atoms with Gasteiger partial charge in [0.2, 0.25) is 0 Å². The highest BCUT2D eigenvalue weighted by molar-refractivity contribution is 5.96. The molecule has 27 heavy (non-hydrogen) atoms. The van der Waals surface area contributed by atoms with Crippen molar-refractivity contribution in [3.63, 3.8) is 0 Å². The quantitative estimate of drug-likeness (QED) is 0.637. The average Bonchev–Trinajstić information content (AvgIpc) is 2.68. The number of aromatic nitrogens is 1. The van der Waals surface area contributed by atoms with Crippen LogP contribution in [0.25, 0.3) is 0 Å². The van der Waals surface area contributed by atoms with Crippen LogP contribution in [0.5, 0.6) is 0 Å². The van der Waals surface area contributed by atoms with E-state index in [2.05, 4.69) is 16.4 Å². The van der Waals surface area contributed by atoms with Gasteiger partial charge in [0.15, 0.2) is 0 Å². The molecule has 1 N–H and O–H groups in total. The van der Waals surface area contributed by atoms with E-state index in [0.29, 0.717) is 24.5 Å². The molecular weight excluding hydrogens is 340 g/mol. The van der Waals surface area contributed by atoms with Crippen molar-refractivity contribution >= 4 is 11.9 Å². The Kier molecular flexibility index (Phi) is 6.64. The van der Waals surface area contributed by atoms with Gasteiger partial charge in [-0.15, -0.1) is 0 Å². The maximum absolute atomic E-state index is 12.7. The van der Waals surface area contributed by atoms with Crippen molar-refractivity contribution in [2.45, 2.75) is 69.7 Å². The molecule has 2 aliphatic carbocycles. The van der Waals surface area contributed by atoms with Gasteiger partial charge in [0, 0.05) is 6.20 Å². The molecule has 1 aromatic heterocycles. The van der Waals surface area contributed by atoms with Crippen molar-refractivity contribution in [1.29, 1.82) is 0 Å². The summed E-state index contributed by atoms with van der Waals surface area (Å²) in [6.07, 6.45) is 14.5. The molecule has 5 heteroatoms. The van der Waals surface area contributed by atoms with Crippen LogP contribution in [0.2, 0.25) is 0 Å². The summed E-state index contributed by atoms with van der Waals surface area (Å²) >= 11 is 0. The van der Waals surface area contributed by atoms with Crippen molar-refractivity contribution in [2.24, 2.45) is 5.92 Å². The van der Waals surface area contributed by atoms with Crippen LogP contribution in [0.1, 0.15) is 74.7 Å². The van der Waals surface area contributed by atoms with Crippen LogP contribution in [0, 0.1) is 5.92 Å².